The average Bonchev–Trinajstić information content (AvgIpc) is 3.30. The van der Waals surface area contributed by atoms with E-state index >= 15 is 0 Å². The molecule has 42 heavy (non-hydrogen) atoms. The number of rotatable bonds is 24. The Morgan fingerprint density at radius 2 is 0.810 bits per heavy atom. The third-order valence-corrected chi connectivity index (χ3v) is 9.91. The Balaban J connectivity index is 2.14. The van der Waals surface area contributed by atoms with Crippen LogP contribution in [0.2, 0.25) is 0 Å². The van der Waals surface area contributed by atoms with E-state index in [9.17, 15) is 0 Å². The van der Waals surface area contributed by atoms with Crippen molar-refractivity contribution in [2.45, 2.75) is 182 Å². The third-order valence-electron chi connectivity index (χ3n) is 9.91. The minimum absolute atomic E-state index is 1.26. The summed E-state index contributed by atoms with van der Waals surface area (Å²) in [5.74, 6) is 0. The molecule has 0 atom stereocenters. The van der Waals surface area contributed by atoms with Gasteiger partial charge in [-0.05, 0) is 79.7 Å². The van der Waals surface area contributed by atoms with Crippen molar-refractivity contribution in [3.63, 3.8) is 0 Å². The molecule has 0 unspecified atom stereocenters. The fourth-order valence-electron chi connectivity index (χ4n) is 7.48. The molecule has 2 aromatic carbocycles. The monoisotopic (exact) mass is 574 g/mol. The number of aryl methyl sites for hydroxylation is 3. The highest BCUT2D eigenvalue weighted by atomic mass is 14.9. The molecule has 0 spiro atoms. The Labute approximate surface area is 261 Å². The summed E-state index contributed by atoms with van der Waals surface area (Å²) in [6.07, 6.45) is 32.5. The van der Waals surface area contributed by atoms with Crippen LogP contribution in [0.1, 0.15) is 178 Å². The fourth-order valence-corrected chi connectivity index (χ4v) is 7.48. The molecule has 0 aliphatic heterocycles. The van der Waals surface area contributed by atoms with E-state index < -0.39 is 0 Å². The van der Waals surface area contributed by atoms with Gasteiger partial charge in [-0.1, -0.05) is 149 Å². The van der Waals surface area contributed by atoms with E-state index in [1.165, 1.54) is 165 Å². The van der Waals surface area contributed by atoms with Crippen LogP contribution in [-0.4, -0.2) is 4.57 Å². The van der Waals surface area contributed by atoms with Crippen LogP contribution in [0.25, 0.3) is 21.8 Å². The minimum Gasteiger partial charge on any atom is -0.343 e. The number of fused-ring (bicyclic) bond motifs is 3. The summed E-state index contributed by atoms with van der Waals surface area (Å²) in [5.41, 5.74) is 10.1. The first-order valence-electron chi connectivity index (χ1n) is 18.7. The SMILES string of the molecule is CCCCCCCc1c(CCCCCCC)c(CCCCCCC)c2c(c1CCCCCCC)c1ccccc1n2C. The molecule has 0 N–H and O–H groups in total. The van der Waals surface area contributed by atoms with Gasteiger partial charge >= 0.3 is 0 Å². The summed E-state index contributed by atoms with van der Waals surface area (Å²) >= 11 is 0. The third kappa shape index (κ3) is 9.89. The van der Waals surface area contributed by atoms with E-state index in [1.807, 2.05) is 0 Å². The number of benzene rings is 2. The summed E-state index contributed by atoms with van der Waals surface area (Å²) in [6, 6.07) is 9.33. The van der Waals surface area contributed by atoms with Gasteiger partial charge in [0.1, 0.15) is 0 Å². The molecule has 0 aliphatic carbocycles. The maximum absolute atomic E-state index is 2.60. The molecule has 0 bridgehead atoms. The first kappa shape index (κ1) is 34.7. The van der Waals surface area contributed by atoms with Gasteiger partial charge in [-0.2, -0.15) is 0 Å². The second kappa shape index (κ2) is 20.2. The zero-order chi connectivity index (χ0) is 30.0. The number of aromatic nitrogens is 1. The van der Waals surface area contributed by atoms with Gasteiger partial charge in [0.2, 0.25) is 0 Å². The fraction of sp³-hybridized carbons (Fsp3) is 0.707. The zero-order valence-corrected chi connectivity index (χ0v) is 28.7. The number of unbranched alkanes of at least 4 members (excludes halogenated alkanes) is 16. The Bertz CT molecular complexity index is 1150. The number of hydrogen-bond donors (Lipinski definition) is 0. The van der Waals surface area contributed by atoms with Crippen molar-refractivity contribution < 1.29 is 0 Å². The maximum Gasteiger partial charge on any atom is 0.0527 e. The van der Waals surface area contributed by atoms with Gasteiger partial charge in [-0.15, -0.1) is 0 Å². The summed E-state index contributed by atoms with van der Waals surface area (Å²) in [4.78, 5) is 0. The highest BCUT2D eigenvalue weighted by Crippen LogP contribution is 2.40. The van der Waals surface area contributed by atoms with Gasteiger partial charge in [-0.25, -0.2) is 0 Å². The molecule has 3 aromatic rings. The van der Waals surface area contributed by atoms with E-state index in [0.29, 0.717) is 0 Å². The van der Waals surface area contributed by atoms with E-state index in [-0.39, 0.29) is 0 Å². The molecule has 236 valence electrons. The minimum atomic E-state index is 1.26. The van der Waals surface area contributed by atoms with Crippen LogP contribution in [0.5, 0.6) is 0 Å². The molecule has 0 saturated heterocycles. The molecule has 3 rings (SSSR count). The molecule has 0 fully saturated rings. The number of para-hydroxylation sites is 1. The molecule has 1 nitrogen and oxygen atoms in total. The second-order valence-electron chi connectivity index (χ2n) is 13.4. The van der Waals surface area contributed by atoms with Gasteiger partial charge in [0.25, 0.3) is 0 Å². The topological polar surface area (TPSA) is 4.93 Å². The molecular weight excluding hydrogens is 506 g/mol. The second-order valence-corrected chi connectivity index (χ2v) is 13.4. The van der Waals surface area contributed by atoms with E-state index in [2.05, 4.69) is 63.6 Å². The largest absolute Gasteiger partial charge is 0.343 e. The van der Waals surface area contributed by atoms with Crippen molar-refractivity contribution in [3.05, 3.63) is 46.5 Å². The van der Waals surface area contributed by atoms with Gasteiger partial charge in [0, 0.05) is 23.3 Å². The molecule has 0 radical (unpaired) electrons. The van der Waals surface area contributed by atoms with Crippen LogP contribution in [-0.2, 0) is 32.7 Å². The Morgan fingerprint density at radius 3 is 1.29 bits per heavy atom. The highest BCUT2D eigenvalue weighted by molar-refractivity contribution is 6.11. The van der Waals surface area contributed by atoms with Crippen LogP contribution in [0.4, 0.5) is 0 Å². The van der Waals surface area contributed by atoms with Crippen molar-refractivity contribution in [1.82, 2.24) is 4.57 Å². The summed E-state index contributed by atoms with van der Waals surface area (Å²) in [7, 11) is 2.37. The molecule has 0 aliphatic rings. The van der Waals surface area contributed by atoms with Crippen LogP contribution >= 0.6 is 0 Å². The first-order chi connectivity index (χ1) is 20.7. The lowest BCUT2D eigenvalue weighted by Gasteiger charge is -2.23. The zero-order valence-electron chi connectivity index (χ0n) is 28.7. The molecule has 1 aromatic heterocycles. The van der Waals surface area contributed by atoms with Gasteiger partial charge < -0.3 is 4.57 Å². The Morgan fingerprint density at radius 1 is 0.429 bits per heavy atom. The van der Waals surface area contributed by atoms with Gasteiger partial charge in [0.15, 0.2) is 0 Å². The summed E-state index contributed by atoms with van der Waals surface area (Å²) < 4.78 is 2.60. The summed E-state index contributed by atoms with van der Waals surface area (Å²) in [5, 5.41) is 3.14. The van der Waals surface area contributed by atoms with Crippen LogP contribution < -0.4 is 0 Å². The van der Waals surface area contributed by atoms with E-state index in [0.717, 1.165) is 0 Å². The van der Waals surface area contributed by atoms with E-state index in [1.54, 1.807) is 33.2 Å². The summed E-state index contributed by atoms with van der Waals surface area (Å²) in [6.45, 7) is 9.36. The number of hydrogen-bond acceptors (Lipinski definition) is 0. The lowest BCUT2D eigenvalue weighted by Crippen LogP contribution is -2.09. The van der Waals surface area contributed by atoms with E-state index in [4.69, 9.17) is 0 Å². The van der Waals surface area contributed by atoms with Crippen molar-refractivity contribution >= 4 is 21.8 Å². The molecule has 0 amide bonds. The predicted octanol–water partition coefficient (Wildman–Crippen LogP) is 13.4. The molecule has 1 heterocycles. The standard InChI is InChI=1S/C41H67N/c1-6-10-14-18-22-28-34-35(29-23-19-15-11-7-2)37(31-25-21-17-13-9-4)41-40(36(34)30-24-20-16-12-8-3)38-32-26-27-33-39(38)42(41)5/h26-27,32-33H,6-25,28-31H2,1-5H3. The first-order valence-corrected chi connectivity index (χ1v) is 18.7. The predicted molar refractivity (Wildman–Crippen MR) is 190 cm³/mol. The quantitative estimate of drug-likeness (QED) is 0.0939. The highest BCUT2D eigenvalue weighted by Gasteiger charge is 2.23. The van der Waals surface area contributed by atoms with Crippen molar-refractivity contribution in [1.29, 1.82) is 0 Å². The average molecular weight is 574 g/mol. The van der Waals surface area contributed by atoms with Crippen molar-refractivity contribution in [2.75, 3.05) is 0 Å². The smallest absolute Gasteiger partial charge is 0.0527 e. The van der Waals surface area contributed by atoms with Crippen molar-refractivity contribution in [3.8, 4) is 0 Å². The van der Waals surface area contributed by atoms with Crippen LogP contribution in [0.15, 0.2) is 24.3 Å². The Hall–Kier alpha value is -1.76. The number of nitrogens with zero attached hydrogens (tertiary/aromatic N) is 1. The molecular formula is C41H67N. The molecule has 0 saturated carbocycles. The lowest BCUT2D eigenvalue weighted by atomic mass is 9.82. The lowest BCUT2D eigenvalue weighted by molar-refractivity contribution is 0.608. The molecule has 1 heteroatoms. The van der Waals surface area contributed by atoms with Crippen molar-refractivity contribution in [2.24, 2.45) is 7.05 Å². The normalized spacial score (nSPS) is 11.8. The van der Waals surface area contributed by atoms with Gasteiger partial charge in [0.05, 0.1) is 5.52 Å². The maximum atomic E-state index is 2.60. The van der Waals surface area contributed by atoms with Crippen LogP contribution in [0, 0.1) is 0 Å². The van der Waals surface area contributed by atoms with Crippen LogP contribution in [0.3, 0.4) is 0 Å². The van der Waals surface area contributed by atoms with Gasteiger partial charge in [-0.3, -0.25) is 0 Å². The Kier molecular flexibility index (Phi) is 16.7.